The van der Waals surface area contributed by atoms with E-state index in [0.717, 1.165) is 11.3 Å². The van der Waals surface area contributed by atoms with Gasteiger partial charge < -0.3 is 16.2 Å². The second kappa shape index (κ2) is 5.46. The second-order valence-electron chi connectivity index (χ2n) is 4.08. The molecule has 1 aromatic heterocycles. The zero-order chi connectivity index (χ0) is 13.0. The third kappa shape index (κ3) is 3.18. The van der Waals surface area contributed by atoms with Gasteiger partial charge in [-0.3, -0.25) is 0 Å². The van der Waals surface area contributed by atoms with Crippen LogP contribution in [0.4, 0.5) is 11.6 Å². The molecule has 4 N–H and O–H groups in total. The summed E-state index contributed by atoms with van der Waals surface area (Å²) in [6, 6.07) is 8.96. The van der Waals surface area contributed by atoms with Crippen molar-refractivity contribution < 1.29 is 5.11 Å². The van der Waals surface area contributed by atoms with Crippen molar-refractivity contribution >= 4 is 11.6 Å². The summed E-state index contributed by atoms with van der Waals surface area (Å²) in [6.07, 6.45) is 1.06. The first-order chi connectivity index (χ1) is 8.65. The molecule has 2 rings (SSSR count). The molecule has 0 spiro atoms. The number of aryl methyl sites for hydroxylation is 1. The Kier molecular flexibility index (Phi) is 3.74. The van der Waals surface area contributed by atoms with Crippen molar-refractivity contribution in [2.24, 2.45) is 0 Å². The predicted octanol–water partition coefficient (Wildman–Crippen LogP) is 1.51. The van der Waals surface area contributed by atoms with E-state index in [0.29, 0.717) is 18.2 Å². The Morgan fingerprint density at radius 2 is 2.00 bits per heavy atom. The average Bonchev–Trinajstić information content (AvgIpc) is 2.37. The van der Waals surface area contributed by atoms with E-state index in [1.165, 1.54) is 0 Å². The van der Waals surface area contributed by atoms with Crippen LogP contribution < -0.4 is 11.1 Å². The Balaban J connectivity index is 1.96. The van der Waals surface area contributed by atoms with Crippen LogP contribution in [0.1, 0.15) is 17.4 Å². The smallest absolute Gasteiger partial charge is 0.222 e. The average molecular weight is 244 g/mol. The van der Waals surface area contributed by atoms with Crippen LogP contribution in [0.15, 0.2) is 36.5 Å². The molecule has 2 aromatic rings. The SMILES string of the molecule is Cc1ccnc(NCC(O)c2ccc(N)cc2)n1. The van der Waals surface area contributed by atoms with Gasteiger partial charge in [-0.15, -0.1) is 0 Å². The van der Waals surface area contributed by atoms with E-state index < -0.39 is 6.10 Å². The number of anilines is 2. The van der Waals surface area contributed by atoms with Gasteiger partial charge in [0, 0.05) is 24.1 Å². The molecule has 0 amide bonds. The van der Waals surface area contributed by atoms with Gasteiger partial charge >= 0.3 is 0 Å². The molecule has 1 atom stereocenters. The highest BCUT2D eigenvalue weighted by Crippen LogP contribution is 2.15. The number of nitrogen functional groups attached to an aromatic ring is 1. The quantitative estimate of drug-likeness (QED) is 0.710. The lowest BCUT2D eigenvalue weighted by atomic mass is 10.1. The van der Waals surface area contributed by atoms with Gasteiger partial charge in [0.25, 0.3) is 0 Å². The predicted molar refractivity (Wildman–Crippen MR) is 71.1 cm³/mol. The zero-order valence-electron chi connectivity index (χ0n) is 10.2. The Hall–Kier alpha value is -2.14. The number of aliphatic hydroxyl groups is 1. The van der Waals surface area contributed by atoms with E-state index in [2.05, 4.69) is 15.3 Å². The molecule has 5 nitrogen and oxygen atoms in total. The Morgan fingerprint density at radius 3 is 2.67 bits per heavy atom. The van der Waals surface area contributed by atoms with Crippen LogP contribution in [0, 0.1) is 6.92 Å². The van der Waals surface area contributed by atoms with Gasteiger partial charge in [0.1, 0.15) is 0 Å². The largest absolute Gasteiger partial charge is 0.399 e. The van der Waals surface area contributed by atoms with Gasteiger partial charge in [0.05, 0.1) is 6.10 Å². The van der Waals surface area contributed by atoms with Crippen molar-refractivity contribution in [3.63, 3.8) is 0 Å². The Labute approximate surface area is 106 Å². The molecule has 0 radical (unpaired) electrons. The first-order valence-corrected chi connectivity index (χ1v) is 5.72. The molecule has 1 heterocycles. The van der Waals surface area contributed by atoms with Crippen LogP contribution >= 0.6 is 0 Å². The van der Waals surface area contributed by atoms with E-state index >= 15 is 0 Å². The van der Waals surface area contributed by atoms with Gasteiger partial charge in [-0.05, 0) is 30.7 Å². The molecule has 0 aliphatic heterocycles. The minimum absolute atomic E-state index is 0.355. The second-order valence-corrected chi connectivity index (χ2v) is 4.08. The summed E-state index contributed by atoms with van der Waals surface area (Å²) >= 11 is 0. The molecule has 1 aromatic carbocycles. The molecule has 0 saturated carbocycles. The van der Waals surface area contributed by atoms with Crippen molar-refractivity contribution in [1.29, 1.82) is 0 Å². The lowest BCUT2D eigenvalue weighted by molar-refractivity contribution is 0.191. The maximum Gasteiger partial charge on any atom is 0.222 e. The summed E-state index contributed by atoms with van der Waals surface area (Å²) < 4.78 is 0. The van der Waals surface area contributed by atoms with Crippen LogP contribution in [0.2, 0.25) is 0 Å². The number of aliphatic hydroxyl groups excluding tert-OH is 1. The van der Waals surface area contributed by atoms with E-state index in [9.17, 15) is 5.11 Å². The monoisotopic (exact) mass is 244 g/mol. The van der Waals surface area contributed by atoms with Crippen molar-refractivity contribution in [1.82, 2.24) is 9.97 Å². The van der Waals surface area contributed by atoms with Crippen LogP contribution in [0.3, 0.4) is 0 Å². The molecule has 18 heavy (non-hydrogen) atoms. The standard InChI is InChI=1S/C13H16N4O/c1-9-6-7-15-13(17-9)16-8-12(18)10-2-4-11(14)5-3-10/h2-7,12,18H,8,14H2,1H3,(H,15,16,17). The van der Waals surface area contributed by atoms with E-state index in [4.69, 9.17) is 5.73 Å². The summed E-state index contributed by atoms with van der Waals surface area (Å²) in [5.41, 5.74) is 7.97. The molecule has 0 fully saturated rings. The third-order valence-corrected chi connectivity index (χ3v) is 2.57. The Morgan fingerprint density at radius 1 is 1.28 bits per heavy atom. The maximum atomic E-state index is 9.98. The van der Waals surface area contributed by atoms with E-state index in [1.54, 1.807) is 30.5 Å². The molecule has 0 bridgehead atoms. The van der Waals surface area contributed by atoms with Crippen LogP contribution in [0.25, 0.3) is 0 Å². The lowest BCUT2D eigenvalue weighted by Crippen LogP contribution is -2.14. The third-order valence-electron chi connectivity index (χ3n) is 2.57. The van der Waals surface area contributed by atoms with E-state index in [-0.39, 0.29) is 0 Å². The van der Waals surface area contributed by atoms with Gasteiger partial charge in [0.2, 0.25) is 5.95 Å². The molecule has 1 unspecified atom stereocenters. The summed E-state index contributed by atoms with van der Waals surface area (Å²) in [7, 11) is 0. The number of hydrogen-bond acceptors (Lipinski definition) is 5. The van der Waals surface area contributed by atoms with Gasteiger partial charge in [0.15, 0.2) is 0 Å². The summed E-state index contributed by atoms with van der Waals surface area (Å²) in [6.45, 7) is 2.25. The molecule has 0 aliphatic carbocycles. The summed E-state index contributed by atoms with van der Waals surface area (Å²) in [4.78, 5) is 8.27. The first-order valence-electron chi connectivity index (χ1n) is 5.72. The number of nitrogens with two attached hydrogens (primary N) is 1. The van der Waals surface area contributed by atoms with Crippen LogP contribution in [-0.4, -0.2) is 21.6 Å². The highest BCUT2D eigenvalue weighted by molar-refractivity contribution is 5.40. The topological polar surface area (TPSA) is 84.1 Å². The molecule has 0 aliphatic rings. The number of hydrogen-bond donors (Lipinski definition) is 3. The number of nitrogens with zero attached hydrogens (tertiary/aromatic N) is 2. The first kappa shape index (κ1) is 12.3. The van der Waals surface area contributed by atoms with Crippen LogP contribution in [-0.2, 0) is 0 Å². The fraction of sp³-hybridized carbons (Fsp3) is 0.231. The number of benzene rings is 1. The van der Waals surface area contributed by atoms with Gasteiger partial charge in [-0.25, -0.2) is 9.97 Å². The van der Waals surface area contributed by atoms with E-state index in [1.807, 2.05) is 13.0 Å². The zero-order valence-corrected chi connectivity index (χ0v) is 10.2. The number of aromatic nitrogens is 2. The Bertz CT molecular complexity index is 513. The summed E-state index contributed by atoms with van der Waals surface area (Å²) in [5, 5.41) is 13.0. The molecule has 5 heteroatoms. The van der Waals surface area contributed by atoms with Crippen molar-refractivity contribution in [2.75, 3.05) is 17.6 Å². The normalized spacial score (nSPS) is 12.1. The van der Waals surface area contributed by atoms with Crippen LogP contribution in [0.5, 0.6) is 0 Å². The summed E-state index contributed by atoms with van der Waals surface area (Å²) in [5.74, 6) is 0.518. The molecule has 94 valence electrons. The highest BCUT2D eigenvalue weighted by Gasteiger charge is 2.07. The fourth-order valence-electron chi connectivity index (χ4n) is 1.56. The minimum atomic E-state index is -0.616. The molecule has 0 saturated heterocycles. The van der Waals surface area contributed by atoms with Crippen molar-refractivity contribution in [3.05, 3.63) is 47.8 Å². The fourth-order valence-corrected chi connectivity index (χ4v) is 1.56. The van der Waals surface area contributed by atoms with Crippen molar-refractivity contribution in [3.8, 4) is 0 Å². The maximum absolute atomic E-state index is 9.98. The number of rotatable bonds is 4. The van der Waals surface area contributed by atoms with Gasteiger partial charge in [-0.2, -0.15) is 0 Å². The number of nitrogens with one attached hydrogen (secondary N) is 1. The van der Waals surface area contributed by atoms with Crippen molar-refractivity contribution in [2.45, 2.75) is 13.0 Å². The molecular weight excluding hydrogens is 228 g/mol. The minimum Gasteiger partial charge on any atom is -0.399 e. The molecular formula is C13H16N4O. The van der Waals surface area contributed by atoms with Gasteiger partial charge in [-0.1, -0.05) is 12.1 Å². The lowest BCUT2D eigenvalue weighted by Gasteiger charge is -2.12. The highest BCUT2D eigenvalue weighted by atomic mass is 16.3.